The average molecular weight is 693 g/mol. The van der Waals surface area contributed by atoms with E-state index >= 15 is 0 Å². The molecule has 0 saturated heterocycles. The van der Waals surface area contributed by atoms with Crippen LogP contribution in [-0.4, -0.2) is 5.54 Å². The summed E-state index contributed by atoms with van der Waals surface area (Å²) in [7, 11) is 0. The Morgan fingerprint density at radius 3 is 1.48 bits per heavy atom. The normalized spacial score (nSPS) is 23.0. The van der Waals surface area contributed by atoms with Gasteiger partial charge < -0.3 is 14.2 Å². The number of hydrogen-bond acceptors (Lipinski definition) is 3. The molecule has 0 spiro atoms. The topological polar surface area (TPSA) is 19.6 Å². The molecule has 4 bridgehead atoms. The summed E-state index contributed by atoms with van der Waals surface area (Å²) in [6.45, 7) is 22.9. The molecule has 0 N–H and O–H groups in total. The van der Waals surface area contributed by atoms with E-state index in [-0.39, 0.29) is 21.8 Å². The number of furan rings is 1. The minimum absolute atomic E-state index is 0.0613. The Hall–Kier alpha value is -3.98. The molecule has 4 fully saturated rings. The van der Waals surface area contributed by atoms with Crippen molar-refractivity contribution in [3.8, 4) is 0 Å². The van der Waals surface area contributed by atoms with Gasteiger partial charge in [0.25, 0.3) is 0 Å². The van der Waals surface area contributed by atoms with Gasteiger partial charge in [-0.25, -0.2) is 0 Å². The Balaban J connectivity index is 1.31. The van der Waals surface area contributed by atoms with E-state index in [1.54, 1.807) is 0 Å². The highest BCUT2D eigenvalue weighted by atomic mass is 16.3. The van der Waals surface area contributed by atoms with Crippen LogP contribution in [0.5, 0.6) is 0 Å². The van der Waals surface area contributed by atoms with Gasteiger partial charge in [0, 0.05) is 33.7 Å². The smallest absolute Gasteiger partial charge is 0.136 e. The van der Waals surface area contributed by atoms with Gasteiger partial charge in [0.15, 0.2) is 0 Å². The quantitative estimate of drug-likeness (QED) is 0.177. The van der Waals surface area contributed by atoms with Crippen molar-refractivity contribution in [1.82, 2.24) is 0 Å². The molecule has 4 aromatic carbocycles. The van der Waals surface area contributed by atoms with Crippen LogP contribution < -0.4 is 9.80 Å². The fraction of sp³-hybridized carbons (Fsp3) is 0.469. The highest BCUT2D eigenvalue weighted by Gasteiger charge is 2.54. The van der Waals surface area contributed by atoms with Crippen molar-refractivity contribution in [2.45, 2.75) is 130 Å². The van der Waals surface area contributed by atoms with E-state index in [0.29, 0.717) is 0 Å². The molecular formula is C49H60N2O. The summed E-state index contributed by atoms with van der Waals surface area (Å²) in [5.74, 6) is 2.47. The Morgan fingerprint density at radius 1 is 0.538 bits per heavy atom. The third kappa shape index (κ3) is 6.37. The number of rotatable bonds is 6. The second kappa shape index (κ2) is 12.3. The molecule has 0 unspecified atom stereocenters. The van der Waals surface area contributed by atoms with Gasteiger partial charge >= 0.3 is 0 Å². The van der Waals surface area contributed by atoms with Crippen LogP contribution in [0.1, 0.15) is 123 Å². The Labute approximate surface area is 313 Å². The van der Waals surface area contributed by atoms with E-state index in [1.165, 1.54) is 94.6 Å². The van der Waals surface area contributed by atoms with Crippen molar-refractivity contribution in [3.05, 3.63) is 113 Å². The van der Waals surface area contributed by atoms with Crippen LogP contribution in [0.2, 0.25) is 0 Å². The van der Waals surface area contributed by atoms with E-state index < -0.39 is 0 Å². The number of hydrogen-bond donors (Lipinski definition) is 0. The van der Waals surface area contributed by atoms with Gasteiger partial charge in [-0.15, -0.1) is 0 Å². The molecule has 4 aliphatic rings. The largest absolute Gasteiger partial charge is 0.462 e. The molecule has 9 rings (SSSR count). The summed E-state index contributed by atoms with van der Waals surface area (Å²) in [6, 6.07) is 32.7. The van der Waals surface area contributed by atoms with E-state index in [4.69, 9.17) is 4.42 Å². The molecular weight excluding hydrogens is 633 g/mol. The van der Waals surface area contributed by atoms with Gasteiger partial charge in [-0.05, 0) is 156 Å². The molecule has 5 aromatic rings. The first kappa shape index (κ1) is 35.1. The highest BCUT2D eigenvalue weighted by molar-refractivity contribution is 5.95. The molecule has 0 aliphatic heterocycles. The van der Waals surface area contributed by atoms with Gasteiger partial charge in [0.05, 0.1) is 5.69 Å². The monoisotopic (exact) mass is 692 g/mol. The van der Waals surface area contributed by atoms with Gasteiger partial charge in [0.2, 0.25) is 0 Å². The maximum absolute atomic E-state index is 6.52. The van der Waals surface area contributed by atoms with Crippen LogP contribution in [0.3, 0.4) is 0 Å². The van der Waals surface area contributed by atoms with Gasteiger partial charge in [0.1, 0.15) is 11.8 Å². The van der Waals surface area contributed by atoms with Crippen LogP contribution in [-0.2, 0) is 16.2 Å². The lowest BCUT2D eigenvalue weighted by Crippen LogP contribution is -2.58. The van der Waals surface area contributed by atoms with Crippen molar-refractivity contribution in [1.29, 1.82) is 0 Å². The van der Waals surface area contributed by atoms with Crippen molar-refractivity contribution in [2.24, 2.45) is 17.8 Å². The lowest BCUT2D eigenvalue weighted by atomic mass is 9.52. The predicted molar refractivity (Wildman–Crippen MR) is 221 cm³/mol. The number of benzene rings is 4. The Bertz CT molecular complexity index is 1980. The number of anilines is 5. The van der Waals surface area contributed by atoms with Crippen LogP contribution in [0, 0.1) is 24.7 Å². The molecule has 4 aliphatic carbocycles. The van der Waals surface area contributed by atoms with Crippen molar-refractivity contribution in [2.75, 3.05) is 9.80 Å². The van der Waals surface area contributed by atoms with Crippen LogP contribution in [0.15, 0.2) is 95.6 Å². The average Bonchev–Trinajstić information content (AvgIpc) is 3.46. The summed E-state index contributed by atoms with van der Waals surface area (Å²) in [5, 5.41) is 1.22. The molecule has 1 heterocycles. The fourth-order valence-corrected chi connectivity index (χ4v) is 10.3. The molecule has 0 atom stereocenters. The van der Waals surface area contributed by atoms with Gasteiger partial charge in [-0.1, -0.05) is 92.6 Å². The molecule has 52 heavy (non-hydrogen) atoms. The lowest BCUT2D eigenvalue weighted by molar-refractivity contribution is 0.000595. The molecule has 3 heteroatoms. The Morgan fingerprint density at radius 2 is 1.00 bits per heavy atom. The summed E-state index contributed by atoms with van der Waals surface area (Å²) in [5.41, 5.74) is 12.7. The lowest BCUT2D eigenvalue weighted by Gasteiger charge is -2.61. The van der Waals surface area contributed by atoms with Crippen LogP contribution in [0.25, 0.3) is 11.0 Å². The third-order valence-electron chi connectivity index (χ3n) is 12.7. The van der Waals surface area contributed by atoms with Crippen molar-refractivity contribution >= 4 is 39.4 Å². The number of aryl methyl sites for hydroxylation is 1. The standard InChI is InChI=1S/C49H60N2O/c1-32-21-41(50(39-16-11-36(12-17-39)46(2,3)4)40-18-13-37(14-19-40)47(5,6)7)27-42(22-32)51(49-28-33-23-34(29-49)25-35(24-33)30-49)44-31-52-45-26-38(48(8,9)10)15-20-43(44)45/h11-22,26-27,31,33-35H,23-25,28-30H2,1-10H3. The minimum atomic E-state index is 0.0613. The Kier molecular flexibility index (Phi) is 8.29. The second-order valence-corrected chi connectivity index (χ2v) is 20.0. The molecule has 272 valence electrons. The zero-order valence-electron chi connectivity index (χ0n) is 33.4. The van der Waals surface area contributed by atoms with Crippen molar-refractivity contribution in [3.63, 3.8) is 0 Å². The van der Waals surface area contributed by atoms with E-state index in [2.05, 4.69) is 170 Å². The van der Waals surface area contributed by atoms with Gasteiger partial charge in [-0.3, -0.25) is 0 Å². The zero-order chi connectivity index (χ0) is 36.8. The second-order valence-electron chi connectivity index (χ2n) is 20.0. The zero-order valence-corrected chi connectivity index (χ0v) is 33.4. The van der Waals surface area contributed by atoms with Crippen molar-refractivity contribution < 1.29 is 4.42 Å². The van der Waals surface area contributed by atoms with E-state index in [1.807, 2.05) is 0 Å². The SMILES string of the molecule is Cc1cc(N(c2ccc(C(C)(C)C)cc2)c2ccc(C(C)(C)C)cc2)cc(N(c2coc3cc(C(C)(C)C)ccc23)C23CC4CC(CC(C4)C2)C3)c1. The molecule has 0 radical (unpaired) electrons. The highest BCUT2D eigenvalue weighted by Crippen LogP contribution is 2.61. The molecule has 4 saturated carbocycles. The first-order valence-electron chi connectivity index (χ1n) is 19.9. The van der Waals surface area contributed by atoms with Crippen LogP contribution in [0.4, 0.5) is 28.4 Å². The van der Waals surface area contributed by atoms with Crippen LogP contribution >= 0.6 is 0 Å². The maximum atomic E-state index is 6.52. The molecule has 0 amide bonds. The first-order valence-corrected chi connectivity index (χ1v) is 19.9. The summed E-state index contributed by atoms with van der Waals surface area (Å²) in [6.07, 6.45) is 10.1. The predicted octanol–water partition coefficient (Wildman–Crippen LogP) is 14.2. The number of fused-ring (bicyclic) bond motifs is 1. The fourth-order valence-electron chi connectivity index (χ4n) is 10.3. The minimum Gasteiger partial charge on any atom is -0.462 e. The molecule has 3 nitrogen and oxygen atoms in total. The van der Waals surface area contributed by atoms with E-state index in [9.17, 15) is 0 Å². The summed E-state index contributed by atoms with van der Waals surface area (Å²) < 4.78 is 6.52. The summed E-state index contributed by atoms with van der Waals surface area (Å²) in [4.78, 5) is 5.25. The number of nitrogens with zero attached hydrogens (tertiary/aromatic N) is 2. The first-order chi connectivity index (χ1) is 24.5. The molecule has 1 aromatic heterocycles. The van der Waals surface area contributed by atoms with E-state index in [0.717, 1.165) is 23.3 Å². The summed E-state index contributed by atoms with van der Waals surface area (Å²) >= 11 is 0. The maximum Gasteiger partial charge on any atom is 0.136 e. The third-order valence-corrected chi connectivity index (χ3v) is 12.7. The van der Waals surface area contributed by atoms with Gasteiger partial charge in [-0.2, -0.15) is 0 Å².